The molecule has 1 amide bonds. The van der Waals surface area contributed by atoms with Crippen molar-refractivity contribution in [3.63, 3.8) is 0 Å². The second kappa shape index (κ2) is 9.41. The van der Waals surface area contributed by atoms with E-state index >= 15 is 0 Å². The summed E-state index contributed by atoms with van der Waals surface area (Å²) < 4.78 is 33.3. The monoisotopic (exact) mass is 416 g/mol. The number of hydrogen-bond acceptors (Lipinski definition) is 4. The molecular formula is C22H28N2O4S. The molecule has 1 N–H and O–H groups in total. The van der Waals surface area contributed by atoms with Gasteiger partial charge in [-0.05, 0) is 74.6 Å². The second-order valence-corrected chi connectivity index (χ2v) is 8.94. The van der Waals surface area contributed by atoms with Crippen LogP contribution in [0.5, 0.6) is 5.75 Å². The molecule has 1 saturated heterocycles. The van der Waals surface area contributed by atoms with E-state index in [0.717, 1.165) is 35.4 Å². The van der Waals surface area contributed by atoms with E-state index in [1.807, 2.05) is 38.1 Å². The van der Waals surface area contributed by atoms with Gasteiger partial charge in [0.2, 0.25) is 15.9 Å². The molecule has 0 radical (unpaired) electrons. The van der Waals surface area contributed by atoms with Crippen molar-refractivity contribution in [1.29, 1.82) is 0 Å². The zero-order valence-corrected chi connectivity index (χ0v) is 17.8. The topological polar surface area (TPSA) is 75.7 Å². The van der Waals surface area contributed by atoms with Gasteiger partial charge in [0.25, 0.3) is 0 Å². The molecule has 0 unspecified atom stereocenters. The van der Waals surface area contributed by atoms with Crippen LogP contribution in [0.25, 0.3) is 0 Å². The van der Waals surface area contributed by atoms with Crippen molar-refractivity contribution < 1.29 is 17.9 Å². The van der Waals surface area contributed by atoms with Crippen LogP contribution in [0, 0.1) is 6.92 Å². The number of hydrogen-bond donors (Lipinski definition) is 1. The maximum Gasteiger partial charge on any atom is 0.240 e. The molecule has 2 aromatic rings. The molecule has 0 atom stereocenters. The normalized spacial score (nSPS) is 14.4. The summed E-state index contributed by atoms with van der Waals surface area (Å²) in [4.78, 5) is 13.9. The lowest BCUT2D eigenvalue weighted by atomic mass is 10.1. The number of carbonyl (C=O) groups excluding carboxylic acids is 1. The number of nitrogens with zero attached hydrogens (tertiary/aromatic N) is 1. The first kappa shape index (κ1) is 21.3. The molecule has 7 heteroatoms. The van der Waals surface area contributed by atoms with Crippen molar-refractivity contribution >= 4 is 21.6 Å². The summed E-state index contributed by atoms with van der Waals surface area (Å²) in [5.74, 6) is 0.933. The highest BCUT2D eigenvalue weighted by Gasteiger charge is 2.24. The number of benzene rings is 2. The third-order valence-corrected chi connectivity index (χ3v) is 6.47. The number of carbonyl (C=O) groups is 1. The molecule has 1 aliphatic rings. The van der Waals surface area contributed by atoms with Crippen LogP contribution in [0.3, 0.4) is 0 Å². The van der Waals surface area contributed by atoms with Crippen LogP contribution in [-0.4, -0.2) is 34.0 Å². The van der Waals surface area contributed by atoms with Crippen LogP contribution in [0.4, 0.5) is 5.69 Å². The predicted molar refractivity (Wildman–Crippen MR) is 114 cm³/mol. The number of rotatable bonds is 9. The summed E-state index contributed by atoms with van der Waals surface area (Å²) in [5, 5.41) is 0. The summed E-state index contributed by atoms with van der Waals surface area (Å²) in [7, 11) is -3.58. The number of aryl methyl sites for hydroxylation is 2. The SMILES string of the molecule is CCOc1ccc(CCCNS(=O)(=O)c2ccc(N3CCCC3=O)c(C)c2)cc1. The Morgan fingerprint density at radius 3 is 2.52 bits per heavy atom. The summed E-state index contributed by atoms with van der Waals surface area (Å²) in [6.45, 7) is 5.47. The molecular weight excluding hydrogens is 388 g/mol. The third-order valence-electron chi connectivity index (χ3n) is 5.01. The molecule has 156 valence electrons. The number of sulfonamides is 1. The Balaban J connectivity index is 1.55. The summed E-state index contributed by atoms with van der Waals surface area (Å²) in [5.41, 5.74) is 2.72. The number of amides is 1. The number of anilines is 1. The van der Waals surface area contributed by atoms with Crippen LogP contribution in [0.2, 0.25) is 0 Å². The molecule has 1 aliphatic heterocycles. The van der Waals surface area contributed by atoms with E-state index in [9.17, 15) is 13.2 Å². The smallest absolute Gasteiger partial charge is 0.240 e. The first-order valence-electron chi connectivity index (χ1n) is 10.0. The molecule has 0 aromatic heterocycles. The van der Waals surface area contributed by atoms with E-state index in [1.54, 1.807) is 23.1 Å². The van der Waals surface area contributed by atoms with Gasteiger partial charge >= 0.3 is 0 Å². The van der Waals surface area contributed by atoms with Crippen LogP contribution in [-0.2, 0) is 21.2 Å². The van der Waals surface area contributed by atoms with E-state index in [-0.39, 0.29) is 10.8 Å². The van der Waals surface area contributed by atoms with Gasteiger partial charge in [0.15, 0.2) is 0 Å². The summed E-state index contributed by atoms with van der Waals surface area (Å²) in [6, 6.07) is 12.8. The molecule has 0 bridgehead atoms. The fraction of sp³-hybridized carbons (Fsp3) is 0.409. The quantitative estimate of drug-likeness (QED) is 0.636. The lowest BCUT2D eigenvalue weighted by Crippen LogP contribution is -2.26. The summed E-state index contributed by atoms with van der Waals surface area (Å²) in [6.07, 6.45) is 2.88. The predicted octanol–water partition coefficient (Wildman–Crippen LogP) is 3.43. The fourth-order valence-electron chi connectivity index (χ4n) is 3.50. The Morgan fingerprint density at radius 1 is 1.14 bits per heavy atom. The molecule has 1 fully saturated rings. The lowest BCUT2D eigenvalue weighted by molar-refractivity contribution is -0.117. The van der Waals surface area contributed by atoms with Crippen LogP contribution >= 0.6 is 0 Å². The Kier molecular flexibility index (Phi) is 6.92. The molecule has 0 saturated carbocycles. The van der Waals surface area contributed by atoms with E-state index in [2.05, 4.69) is 4.72 Å². The lowest BCUT2D eigenvalue weighted by Gasteiger charge is -2.19. The Morgan fingerprint density at radius 2 is 1.90 bits per heavy atom. The maximum atomic E-state index is 12.6. The van der Waals surface area contributed by atoms with Gasteiger partial charge in [0.05, 0.1) is 11.5 Å². The van der Waals surface area contributed by atoms with E-state index in [4.69, 9.17) is 4.74 Å². The van der Waals surface area contributed by atoms with Crippen molar-refractivity contribution in [2.45, 2.75) is 44.4 Å². The van der Waals surface area contributed by atoms with Gasteiger partial charge in [-0.2, -0.15) is 0 Å². The van der Waals surface area contributed by atoms with Crippen LogP contribution in [0.1, 0.15) is 37.3 Å². The maximum absolute atomic E-state index is 12.6. The zero-order valence-electron chi connectivity index (χ0n) is 17.0. The van der Waals surface area contributed by atoms with Crippen molar-refractivity contribution in [3.05, 3.63) is 53.6 Å². The van der Waals surface area contributed by atoms with Crippen molar-refractivity contribution in [3.8, 4) is 5.75 Å². The molecule has 3 rings (SSSR count). The van der Waals surface area contributed by atoms with Gasteiger partial charge in [0.1, 0.15) is 5.75 Å². The van der Waals surface area contributed by atoms with Gasteiger partial charge in [-0.25, -0.2) is 13.1 Å². The molecule has 1 heterocycles. The molecule has 0 spiro atoms. The Labute approximate surface area is 172 Å². The van der Waals surface area contributed by atoms with Gasteiger partial charge in [-0.15, -0.1) is 0 Å². The van der Waals surface area contributed by atoms with Crippen molar-refractivity contribution in [1.82, 2.24) is 4.72 Å². The second-order valence-electron chi connectivity index (χ2n) is 7.18. The van der Waals surface area contributed by atoms with Gasteiger partial charge in [-0.1, -0.05) is 12.1 Å². The molecule has 2 aromatic carbocycles. The average molecular weight is 417 g/mol. The average Bonchev–Trinajstić information content (AvgIpc) is 3.12. The van der Waals surface area contributed by atoms with Crippen molar-refractivity contribution in [2.24, 2.45) is 0 Å². The number of nitrogens with one attached hydrogen (secondary N) is 1. The van der Waals surface area contributed by atoms with E-state index < -0.39 is 10.0 Å². The van der Waals surface area contributed by atoms with Gasteiger partial charge in [-0.3, -0.25) is 4.79 Å². The first-order valence-corrected chi connectivity index (χ1v) is 11.5. The van der Waals surface area contributed by atoms with Crippen LogP contribution < -0.4 is 14.4 Å². The highest BCUT2D eigenvalue weighted by Crippen LogP contribution is 2.27. The minimum atomic E-state index is -3.58. The Hall–Kier alpha value is -2.38. The van der Waals surface area contributed by atoms with Gasteiger partial charge < -0.3 is 9.64 Å². The first-order chi connectivity index (χ1) is 13.9. The van der Waals surface area contributed by atoms with Crippen molar-refractivity contribution in [2.75, 3.05) is 24.6 Å². The highest BCUT2D eigenvalue weighted by molar-refractivity contribution is 7.89. The standard InChI is InChI=1S/C22H28N2O4S/c1-3-28-19-10-8-18(9-11-19)6-4-14-23-29(26,27)20-12-13-21(17(2)16-20)24-15-5-7-22(24)25/h8-13,16,23H,3-7,14-15H2,1-2H3. The minimum absolute atomic E-state index is 0.0936. The largest absolute Gasteiger partial charge is 0.494 e. The third kappa shape index (κ3) is 5.36. The molecule has 0 aliphatic carbocycles. The summed E-state index contributed by atoms with van der Waals surface area (Å²) >= 11 is 0. The fourth-order valence-corrected chi connectivity index (χ4v) is 4.66. The van der Waals surface area contributed by atoms with E-state index in [1.165, 1.54) is 0 Å². The number of ether oxygens (including phenoxy) is 1. The van der Waals surface area contributed by atoms with Crippen LogP contribution in [0.15, 0.2) is 47.4 Å². The minimum Gasteiger partial charge on any atom is -0.494 e. The van der Waals surface area contributed by atoms with Gasteiger partial charge in [0, 0.05) is 25.2 Å². The molecule has 6 nitrogen and oxygen atoms in total. The molecule has 29 heavy (non-hydrogen) atoms. The zero-order chi connectivity index (χ0) is 20.9. The van der Waals surface area contributed by atoms with E-state index in [0.29, 0.717) is 32.5 Å². The Bertz CT molecular complexity index is 955. The highest BCUT2D eigenvalue weighted by atomic mass is 32.2.